The number of hydrogen-bond acceptors (Lipinski definition) is 5. The number of hydrogen-bond donors (Lipinski definition) is 0. The van der Waals surface area contributed by atoms with Crippen molar-refractivity contribution in [2.45, 2.75) is 12.8 Å². The van der Waals surface area contributed by atoms with E-state index in [9.17, 15) is 4.79 Å². The van der Waals surface area contributed by atoms with Crippen molar-refractivity contribution in [1.82, 2.24) is 4.98 Å². The van der Waals surface area contributed by atoms with E-state index in [0.29, 0.717) is 21.4 Å². The zero-order chi connectivity index (χ0) is 16.1. The molecular formula is C19H14N2O2S. The molecule has 0 fully saturated rings. The van der Waals surface area contributed by atoms with Crippen LogP contribution in [0.3, 0.4) is 0 Å². The fourth-order valence-electron chi connectivity index (χ4n) is 3.33. The minimum atomic E-state index is 0.000828. The number of benzene rings is 2. The monoisotopic (exact) mass is 334 g/mol. The highest BCUT2D eigenvalue weighted by Crippen LogP contribution is 2.37. The summed E-state index contributed by atoms with van der Waals surface area (Å²) in [5.74, 6) is 0. The molecule has 3 heterocycles. The van der Waals surface area contributed by atoms with E-state index in [-0.39, 0.29) is 5.43 Å². The van der Waals surface area contributed by atoms with Crippen LogP contribution in [0.1, 0.15) is 12.0 Å². The summed E-state index contributed by atoms with van der Waals surface area (Å²) in [6.45, 7) is 0.907. The van der Waals surface area contributed by atoms with Gasteiger partial charge in [0.1, 0.15) is 10.3 Å². The Kier molecular flexibility index (Phi) is 2.97. The van der Waals surface area contributed by atoms with E-state index >= 15 is 0 Å². The molecule has 2 aromatic carbocycles. The first-order valence-corrected chi connectivity index (χ1v) is 8.81. The second-order valence-electron chi connectivity index (χ2n) is 5.94. The lowest BCUT2D eigenvalue weighted by molar-refractivity contribution is 0.646. The molecule has 5 heteroatoms. The smallest absolute Gasteiger partial charge is 0.243 e. The first kappa shape index (κ1) is 13.7. The van der Waals surface area contributed by atoms with Crippen molar-refractivity contribution in [2.24, 2.45) is 0 Å². The quantitative estimate of drug-likeness (QED) is 0.515. The van der Waals surface area contributed by atoms with Gasteiger partial charge in [-0.2, -0.15) is 4.98 Å². The Morgan fingerprint density at radius 2 is 1.92 bits per heavy atom. The van der Waals surface area contributed by atoms with Gasteiger partial charge in [-0.05, 0) is 36.6 Å². The lowest BCUT2D eigenvalue weighted by Crippen LogP contribution is -2.24. The zero-order valence-corrected chi connectivity index (χ0v) is 13.7. The summed E-state index contributed by atoms with van der Waals surface area (Å²) in [5, 5.41) is 1.44. The van der Waals surface area contributed by atoms with Crippen LogP contribution in [0.2, 0.25) is 0 Å². The summed E-state index contributed by atoms with van der Waals surface area (Å²) in [7, 11) is 0. The standard InChI is InChI=1S/C19H14N2O2S/c22-16-13-8-2-4-10-15(13)23-18-17(16)24-19(20-18)21-11-5-7-12-6-1-3-9-14(12)21/h1-4,6,8-10H,5,7,11H2. The molecule has 1 aliphatic heterocycles. The van der Waals surface area contributed by atoms with E-state index in [0.717, 1.165) is 24.5 Å². The second-order valence-corrected chi connectivity index (χ2v) is 6.92. The molecule has 0 aliphatic carbocycles. The average Bonchev–Trinajstić information content (AvgIpc) is 3.05. The van der Waals surface area contributed by atoms with Crippen molar-refractivity contribution >= 4 is 43.5 Å². The van der Waals surface area contributed by atoms with Gasteiger partial charge < -0.3 is 9.32 Å². The third-order valence-electron chi connectivity index (χ3n) is 4.47. The number of para-hydroxylation sites is 2. The van der Waals surface area contributed by atoms with Gasteiger partial charge in [0, 0.05) is 12.2 Å². The number of rotatable bonds is 1. The number of aromatic nitrogens is 1. The molecule has 0 spiro atoms. The third-order valence-corrected chi connectivity index (χ3v) is 5.53. The Bertz CT molecular complexity index is 1130. The van der Waals surface area contributed by atoms with Gasteiger partial charge in [-0.1, -0.05) is 41.7 Å². The minimum Gasteiger partial charge on any atom is -0.437 e. The van der Waals surface area contributed by atoms with Crippen LogP contribution in [0.25, 0.3) is 21.4 Å². The molecule has 0 saturated heterocycles. The number of thiazole rings is 1. The molecule has 1 aliphatic rings. The van der Waals surface area contributed by atoms with Crippen LogP contribution in [-0.4, -0.2) is 11.5 Å². The van der Waals surface area contributed by atoms with Gasteiger partial charge >= 0.3 is 0 Å². The van der Waals surface area contributed by atoms with Gasteiger partial charge in [0.2, 0.25) is 11.1 Å². The Balaban J connectivity index is 1.73. The Labute approximate surface area is 142 Å². The first-order chi connectivity index (χ1) is 11.8. The molecule has 0 saturated carbocycles. The van der Waals surface area contributed by atoms with Crippen LogP contribution < -0.4 is 10.3 Å². The SMILES string of the molecule is O=c1c2ccccc2oc2nc(N3CCCc4ccccc43)sc12. The highest BCUT2D eigenvalue weighted by Gasteiger charge is 2.22. The predicted octanol–water partition coefficient (Wildman–Crippen LogP) is 4.49. The van der Waals surface area contributed by atoms with Gasteiger partial charge in [-0.15, -0.1) is 0 Å². The normalized spacial score (nSPS) is 14.2. The molecule has 0 amide bonds. The van der Waals surface area contributed by atoms with Crippen LogP contribution in [0.4, 0.5) is 10.8 Å². The van der Waals surface area contributed by atoms with E-state index in [1.165, 1.54) is 22.6 Å². The van der Waals surface area contributed by atoms with Gasteiger partial charge in [0.15, 0.2) is 5.13 Å². The number of nitrogens with zero attached hydrogens (tertiary/aromatic N) is 2. The van der Waals surface area contributed by atoms with Crippen LogP contribution in [0, 0.1) is 0 Å². The summed E-state index contributed by atoms with van der Waals surface area (Å²) in [6, 6.07) is 15.7. The van der Waals surface area contributed by atoms with Crippen molar-refractivity contribution in [3.05, 3.63) is 64.3 Å². The van der Waals surface area contributed by atoms with Crippen LogP contribution in [0.5, 0.6) is 0 Å². The fourth-order valence-corrected chi connectivity index (χ4v) is 4.31. The fraction of sp³-hybridized carbons (Fsp3) is 0.158. The summed E-state index contributed by atoms with van der Waals surface area (Å²) >= 11 is 1.42. The Morgan fingerprint density at radius 1 is 1.08 bits per heavy atom. The Hall–Kier alpha value is -2.66. The predicted molar refractivity (Wildman–Crippen MR) is 97.4 cm³/mol. The first-order valence-electron chi connectivity index (χ1n) is 7.99. The zero-order valence-electron chi connectivity index (χ0n) is 12.9. The van der Waals surface area contributed by atoms with Crippen molar-refractivity contribution in [3.8, 4) is 0 Å². The van der Waals surface area contributed by atoms with Gasteiger partial charge in [0.05, 0.1) is 5.39 Å². The van der Waals surface area contributed by atoms with Gasteiger partial charge in [0.25, 0.3) is 0 Å². The topological polar surface area (TPSA) is 46.3 Å². The van der Waals surface area contributed by atoms with E-state index in [1.807, 2.05) is 24.3 Å². The number of fused-ring (bicyclic) bond motifs is 3. The maximum atomic E-state index is 12.7. The molecule has 0 atom stereocenters. The highest BCUT2D eigenvalue weighted by atomic mass is 32.1. The maximum absolute atomic E-state index is 12.7. The van der Waals surface area contributed by atoms with Crippen molar-refractivity contribution in [2.75, 3.05) is 11.4 Å². The van der Waals surface area contributed by atoms with E-state index in [2.05, 4.69) is 28.1 Å². The molecule has 0 N–H and O–H groups in total. The van der Waals surface area contributed by atoms with E-state index in [4.69, 9.17) is 4.42 Å². The van der Waals surface area contributed by atoms with E-state index in [1.54, 1.807) is 6.07 Å². The van der Waals surface area contributed by atoms with Crippen LogP contribution in [-0.2, 0) is 6.42 Å². The van der Waals surface area contributed by atoms with E-state index < -0.39 is 0 Å². The van der Waals surface area contributed by atoms with Crippen molar-refractivity contribution in [3.63, 3.8) is 0 Å². The largest absolute Gasteiger partial charge is 0.437 e. The molecule has 118 valence electrons. The molecule has 0 radical (unpaired) electrons. The minimum absolute atomic E-state index is 0.000828. The summed E-state index contributed by atoms with van der Waals surface area (Å²) < 4.78 is 6.45. The molecule has 24 heavy (non-hydrogen) atoms. The molecule has 4 aromatic rings. The Morgan fingerprint density at radius 3 is 2.88 bits per heavy atom. The average molecular weight is 334 g/mol. The van der Waals surface area contributed by atoms with Crippen molar-refractivity contribution in [1.29, 1.82) is 0 Å². The summed E-state index contributed by atoms with van der Waals surface area (Å²) in [4.78, 5) is 19.5. The van der Waals surface area contributed by atoms with Crippen LogP contribution >= 0.6 is 11.3 Å². The number of aryl methyl sites for hydroxylation is 1. The molecule has 5 rings (SSSR count). The lowest BCUT2D eigenvalue weighted by Gasteiger charge is -2.28. The second kappa shape index (κ2) is 5.18. The molecular weight excluding hydrogens is 320 g/mol. The molecule has 0 unspecified atom stereocenters. The third kappa shape index (κ3) is 1.98. The van der Waals surface area contributed by atoms with Gasteiger partial charge in [-0.3, -0.25) is 4.79 Å². The van der Waals surface area contributed by atoms with Gasteiger partial charge in [-0.25, -0.2) is 0 Å². The molecule has 2 aromatic heterocycles. The van der Waals surface area contributed by atoms with Crippen molar-refractivity contribution < 1.29 is 4.42 Å². The van der Waals surface area contributed by atoms with Crippen LogP contribution in [0.15, 0.2) is 57.7 Å². The number of anilines is 2. The highest BCUT2D eigenvalue weighted by molar-refractivity contribution is 7.22. The maximum Gasteiger partial charge on any atom is 0.243 e. The lowest BCUT2D eigenvalue weighted by atomic mass is 10.0. The summed E-state index contributed by atoms with van der Waals surface area (Å²) in [5.41, 5.74) is 3.53. The summed E-state index contributed by atoms with van der Waals surface area (Å²) in [6.07, 6.45) is 2.16. The molecule has 4 nitrogen and oxygen atoms in total. The molecule has 0 bridgehead atoms.